The van der Waals surface area contributed by atoms with Crippen LogP contribution in [0.25, 0.3) is 0 Å². The van der Waals surface area contributed by atoms with Gasteiger partial charge >= 0.3 is 0 Å². The summed E-state index contributed by atoms with van der Waals surface area (Å²) in [6.07, 6.45) is 0. The first kappa shape index (κ1) is 23.0. The molecule has 29 heavy (non-hydrogen) atoms. The highest BCUT2D eigenvalue weighted by Gasteiger charge is 2.20. The molecule has 2 rings (SSSR count). The summed E-state index contributed by atoms with van der Waals surface area (Å²) in [5.74, 6) is 0.408. The fourth-order valence-electron chi connectivity index (χ4n) is 3.46. The van der Waals surface area contributed by atoms with Gasteiger partial charge in [-0.2, -0.15) is 8.42 Å². The van der Waals surface area contributed by atoms with Crippen LogP contribution in [0.2, 0.25) is 0 Å². The molecule has 0 radical (unpaired) electrons. The molecule has 0 aromatic heterocycles. The topological polar surface area (TPSA) is 70.1 Å². The minimum Gasteiger partial charge on any atom is -0.491 e. The molecule has 7 heteroatoms. The highest BCUT2D eigenvalue weighted by Crippen LogP contribution is 2.38. The Kier molecular flexibility index (Phi) is 8.34. The number of hydrogen-bond donors (Lipinski definition) is 1. The van der Waals surface area contributed by atoms with Gasteiger partial charge in [-0.25, -0.2) is 0 Å². The van der Waals surface area contributed by atoms with Crippen LogP contribution in [0.1, 0.15) is 31.9 Å². The van der Waals surface area contributed by atoms with Crippen LogP contribution in [0.5, 0.6) is 5.75 Å². The van der Waals surface area contributed by atoms with Crippen molar-refractivity contribution >= 4 is 21.5 Å². The maximum absolute atomic E-state index is 11.4. The lowest BCUT2D eigenvalue weighted by Gasteiger charge is -2.30. The predicted molar refractivity (Wildman–Crippen MR) is 120 cm³/mol. The third-order valence-electron chi connectivity index (χ3n) is 4.93. The van der Waals surface area contributed by atoms with Gasteiger partial charge in [-0.05, 0) is 45.4 Å². The Hall–Kier alpha value is -2.25. The van der Waals surface area contributed by atoms with E-state index in [0.717, 1.165) is 41.3 Å². The molecule has 0 bridgehead atoms. The Morgan fingerprint density at radius 3 is 2.10 bits per heavy atom. The Morgan fingerprint density at radius 1 is 0.931 bits per heavy atom. The standard InChI is InChI=1S/C22H32N2O4S/c1-5-23(6-2)20-13-14-21(22(18(20)4)28-7-3)24(15-16-29(25,26)27)17-19-11-9-8-10-12-19/h8-14H,5-7,15-17H2,1-4H3,(H,25,26,27). The van der Waals surface area contributed by atoms with Crippen molar-refractivity contribution in [1.82, 2.24) is 0 Å². The second kappa shape index (κ2) is 10.5. The number of rotatable bonds is 11. The number of benzene rings is 2. The molecule has 0 aliphatic heterocycles. The van der Waals surface area contributed by atoms with E-state index >= 15 is 0 Å². The van der Waals surface area contributed by atoms with Crippen molar-refractivity contribution in [2.75, 3.05) is 41.8 Å². The van der Waals surface area contributed by atoms with Crippen molar-refractivity contribution in [3.8, 4) is 5.75 Å². The molecule has 6 nitrogen and oxygen atoms in total. The Labute approximate surface area is 174 Å². The summed E-state index contributed by atoms with van der Waals surface area (Å²) in [7, 11) is -4.07. The highest BCUT2D eigenvalue weighted by molar-refractivity contribution is 7.85. The van der Waals surface area contributed by atoms with Gasteiger partial charge in [0.05, 0.1) is 18.0 Å². The number of ether oxygens (including phenoxy) is 1. The lowest BCUT2D eigenvalue weighted by Crippen LogP contribution is -2.30. The zero-order chi connectivity index (χ0) is 21.4. The SMILES string of the molecule is CCOc1c(N(CCS(=O)(=O)O)Cc2ccccc2)ccc(N(CC)CC)c1C. The zero-order valence-electron chi connectivity index (χ0n) is 17.8. The highest BCUT2D eigenvalue weighted by atomic mass is 32.2. The molecule has 0 saturated heterocycles. The molecular formula is C22H32N2O4S. The first-order valence-corrected chi connectivity index (χ1v) is 11.7. The van der Waals surface area contributed by atoms with Gasteiger partial charge in [0.1, 0.15) is 5.75 Å². The first-order chi connectivity index (χ1) is 13.8. The quantitative estimate of drug-likeness (QED) is 0.551. The fraction of sp³-hybridized carbons (Fsp3) is 0.455. The van der Waals surface area contributed by atoms with Crippen molar-refractivity contribution in [3.63, 3.8) is 0 Å². The van der Waals surface area contributed by atoms with E-state index in [2.05, 4.69) is 24.8 Å². The third kappa shape index (κ3) is 6.37. The van der Waals surface area contributed by atoms with E-state index in [1.807, 2.05) is 55.1 Å². The molecule has 2 aromatic carbocycles. The van der Waals surface area contributed by atoms with Crippen LogP contribution in [-0.4, -0.2) is 45.0 Å². The van der Waals surface area contributed by atoms with Crippen LogP contribution in [-0.2, 0) is 16.7 Å². The molecule has 0 heterocycles. The van der Waals surface area contributed by atoms with Crippen molar-refractivity contribution < 1.29 is 17.7 Å². The normalized spacial score (nSPS) is 11.3. The van der Waals surface area contributed by atoms with E-state index in [0.29, 0.717) is 13.2 Å². The molecule has 0 unspecified atom stereocenters. The summed E-state index contributed by atoms with van der Waals surface area (Å²) >= 11 is 0. The lowest BCUT2D eigenvalue weighted by molar-refractivity contribution is 0.338. The smallest absolute Gasteiger partial charge is 0.266 e. The number of hydrogen-bond acceptors (Lipinski definition) is 5. The Balaban J connectivity index is 2.50. The second-order valence-electron chi connectivity index (χ2n) is 6.86. The van der Waals surface area contributed by atoms with Gasteiger partial charge < -0.3 is 14.5 Å². The summed E-state index contributed by atoms with van der Waals surface area (Å²) in [5.41, 5.74) is 4.01. The summed E-state index contributed by atoms with van der Waals surface area (Å²) in [6.45, 7) is 11.2. The molecule has 0 aliphatic carbocycles. The molecule has 0 saturated carbocycles. The Bertz CT molecular complexity index is 881. The van der Waals surface area contributed by atoms with E-state index in [-0.39, 0.29) is 12.3 Å². The minimum atomic E-state index is -4.07. The van der Waals surface area contributed by atoms with Gasteiger partial charge in [0.15, 0.2) is 0 Å². The average Bonchev–Trinajstić information content (AvgIpc) is 2.69. The second-order valence-corrected chi connectivity index (χ2v) is 8.43. The minimum absolute atomic E-state index is 0.165. The summed E-state index contributed by atoms with van der Waals surface area (Å²) < 4.78 is 38.1. The predicted octanol–water partition coefficient (Wildman–Crippen LogP) is 4.13. The first-order valence-electron chi connectivity index (χ1n) is 10.1. The van der Waals surface area contributed by atoms with E-state index in [4.69, 9.17) is 4.74 Å². The molecule has 160 valence electrons. The van der Waals surface area contributed by atoms with E-state index in [1.54, 1.807) is 0 Å². The van der Waals surface area contributed by atoms with Gasteiger partial charge in [-0.1, -0.05) is 30.3 Å². The molecule has 2 aromatic rings. The molecule has 1 N–H and O–H groups in total. The van der Waals surface area contributed by atoms with Crippen LogP contribution >= 0.6 is 0 Å². The van der Waals surface area contributed by atoms with Gasteiger partial charge in [0.25, 0.3) is 10.1 Å². The van der Waals surface area contributed by atoms with Gasteiger partial charge in [0.2, 0.25) is 0 Å². The van der Waals surface area contributed by atoms with Crippen LogP contribution < -0.4 is 14.5 Å². The number of nitrogens with zero attached hydrogens (tertiary/aromatic N) is 2. The Morgan fingerprint density at radius 2 is 1.55 bits per heavy atom. The fourth-order valence-corrected chi connectivity index (χ4v) is 3.91. The van der Waals surface area contributed by atoms with Crippen LogP contribution in [0, 0.1) is 6.92 Å². The van der Waals surface area contributed by atoms with Crippen molar-refractivity contribution in [3.05, 3.63) is 53.6 Å². The van der Waals surface area contributed by atoms with Gasteiger partial charge in [-0.15, -0.1) is 0 Å². The third-order valence-corrected chi connectivity index (χ3v) is 5.62. The van der Waals surface area contributed by atoms with E-state index < -0.39 is 10.1 Å². The number of anilines is 2. The van der Waals surface area contributed by atoms with E-state index in [9.17, 15) is 13.0 Å². The van der Waals surface area contributed by atoms with Crippen molar-refractivity contribution in [1.29, 1.82) is 0 Å². The molecule has 0 aliphatic rings. The molecule has 0 fully saturated rings. The van der Waals surface area contributed by atoms with Crippen LogP contribution in [0.4, 0.5) is 11.4 Å². The van der Waals surface area contributed by atoms with Gasteiger partial charge in [-0.3, -0.25) is 4.55 Å². The van der Waals surface area contributed by atoms with E-state index in [1.165, 1.54) is 0 Å². The largest absolute Gasteiger partial charge is 0.491 e. The van der Waals surface area contributed by atoms with Crippen molar-refractivity contribution in [2.24, 2.45) is 0 Å². The van der Waals surface area contributed by atoms with Crippen LogP contribution in [0.15, 0.2) is 42.5 Å². The van der Waals surface area contributed by atoms with Crippen molar-refractivity contribution in [2.45, 2.75) is 34.2 Å². The van der Waals surface area contributed by atoms with Gasteiger partial charge in [0, 0.05) is 37.4 Å². The summed E-state index contributed by atoms with van der Waals surface area (Å²) in [4.78, 5) is 4.22. The molecular weight excluding hydrogens is 388 g/mol. The maximum atomic E-state index is 11.4. The monoisotopic (exact) mass is 420 g/mol. The summed E-state index contributed by atoms with van der Waals surface area (Å²) in [5, 5.41) is 0. The molecule has 0 amide bonds. The average molecular weight is 421 g/mol. The molecule has 0 atom stereocenters. The lowest BCUT2D eigenvalue weighted by atomic mass is 10.1. The van der Waals surface area contributed by atoms with Crippen LogP contribution in [0.3, 0.4) is 0 Å². The zero-order valence-corrected chi connectivity index (χ0v) is 18.6. The summed E-state index contributed by atoms with van der Waals surface area (Å²) in [6, 6.07) is 13.9. The maximum Gasteiger partial charge on any atom is 0.266 e. The molecule has 0 spiro atoms.